The van der Waals surface area contributed by atoms with E-state index in [2.05, 4.69) is 55.2 Å². The van der Waals surface area contributed by atoms with Gasteiger partial charge in [0.25, 0.3) is 0 Å². The van der Waals surface area contributed by atoms with E-state index in [1.54, 1.807) is 0 Å². The third kappa shape index (κ3) is 2.51. The summed E-state index contributed by atoms with van der Waals surface area (Å²) in [6, 6.07) is 11.6. The molecule has 0 heterocycles. The maximum absolute atomic E-state index is 3.93. The van der Waals surface area contributed by atoms with Crippen molar-refractivity contribution in [2.45, 2.75) is 50.5 Å². The fourth-order valence-electron chi connectivity index (χ4n) is 3.16. The topological polar surface area (TPSA) is 12.0 Å². The first-order valence-electron chi connectivity index (χ1n) is 7.23. The lowest BCUT2D eigenvalue weighted by atomic mass is 9.59. The molecule has 98 valence electrons. The summed E-state index contributed by atoms with van der Waals surface area (Å²) in [7, 11) is 0. The molecule has 0 amide bonds. The van der Waals surface area contributed by atoms with Crippen LogP contribution in [0, 0.1) is 0 Å². The highest BCUT2D eigenvalue weighted by molar-refractivity contribution is 5.31. The van der Waals surface area contributed by atoms with Crippen molar-refractivity contribution < 1.29 is 0 Å². The van der Waals surface area contributed by atoms with Gasteiger partial charge in [-0.3, -0.25) is 0 Å². The van der Waals surface area contributed by atoms with Crippen molar-refractivity contribution in [3.63, 3.8) is 0 Å². The van der Waals surface area contributed by atoms with Gasteiger partial charge in [-0.1, -0.05) is 49.8 Å². The van der Waals surface area contributed by atoms with E-state index in [0.717, 1.165) is 13.0 Å². The molecule has 18 heavy (non-hydrogen) atoms. The molecule has 0 spiro atoms. The number of hydrogen-bond donors (Lipinski definition) is 1. The molecule has 1 aromatic carbocycles. The van der Waals surface area contributed by atoms with E-state index in [4.69, 9.17) is 0 Å². The number of hydrogen-bond acceptors (Lipinski definition) is 1. The zero-order chi connectivity index (χ0) is 12.8. The van der Waals surface area contributed by atoms with Crippen LogP contribution in [0.25, 0.3) is 0 Å². The third-order valence-electron chi connectivity index (χ3n) is 4.30. The van der Waals surface area contributed by atoms with Crippen molar-refractivity contribution in [3.8, 4) is 0 Å². The predicted octanol–water partition coefficient (Wildman–Crippen LogP) is 4.05. The summed E-state index contributed by atoms with van der Waals surface area (Å²) in [5.74, 6) is 0. The van der Waals surface area contributed by atoms with Gasteiger partial charge >= 0.3 is 0 Å². The first kappa shape index (κ1) is 13.4. The minimum Gasteiger partial charge on any atom is -0.313 e. The molecule has 1 fully saturated rings. The summed E-state index contributed by atoms with van der Waals surface area (Å²) in [5.41, 5.74) is 1.86. The van der Waals surface area contributed by atoms with Gasteiger partial charge in [0, 0.05) is 11.5 Å². The molecule has 1 aliphatic rings. The summed E-state index contributed by atoms with van der Waals surface area (Å²) in [6.07, 6.45) is 8.30. The molecule has 1 saturated carbocycles. The van der Waals surface area contributed by atoms with E-state index in [1.807, 2.05) is 0 Å². The van der Waals surface area contributed by atoms with Gasteiger partial charge in [0.2, 0.25) is 0 Å². The van der Waals surface area contributed by atoms with Crippen molar-refractivity contribution >= 4 is 0 Å². The number of rotatable bonds is 7. The van der Waals surface area contributed by atoms with Gasteiger partial charge in [-0.05, 0) is 37.8 Å². The Hall–Kier alpha value is -1.08. The predicted molar refractivity (Wildman–Crippen MR) is 78.9 cm³/mol. The molecule has 0 bridgehead atoms. The van der Waals surface area contributed by atoms with Crippen molar-refractivity contribution in [2.75, 3.05) is 6.54 Å². The molecule has 0 aromatic heterocycles. The molecule has 1 aromatic rings. The molecule has 2 rings (SSSR count). The van der Waals surface area contributed by atoms with Crippen LogP contribution in [0.5, 0.6) is 0 Å². The fourth-order valence-corrected chi connectivity index (χ4v) is 3.16. The maximum Gasteiger partial charge on any atom is 0.0198 e. The molecule has 0 saturated heterocycles. The maximum atomic E-state index is 3.93. The van der Waals surface area contributed by atoms with Crippen LogP contribution in [0.15, 0.2) is 43.0 Å². The molecule has 0 radical (unpaired) electrons. The second-order valence-electron chi connectivity index (χ2n) is 5.41. The van der Waals surface area contributed by atoms with Gasteiger partial charge < -0.3 is 5.32 Å². The highest BCUT2D eigenvalue weighted by atomic mass is 14.9. The summed E-state index contributed by atoms with van der Waals surface area (Å²) in [5, 5.41) is 3.74. The lowest BCUT2D eigenvalue weighted by molar-refractivity contribution is 0.169. The second-order valence-corrected chi connectivity index (χ2v) is 5.41. The number of nitrogens with one attached hydrogen (secondary N) is 1. The van der Waals surface area contributed by atoms with Crippen molar-refractivity contribution in [1.29, 1.82) is 0 Å². The average molecular weight is 243 g/mol. The molecule has 1 atom stereocenters. The van der Waals surface area contributed by atoms with Crippen molar-refractivity contribution in [1.82, 2.24) is 5.32 Å². The van der Waals surface area contributed by atoms with Crippen LogP contribution in [-0.4, -0.2) is 12.6 Å². The van der Waals surface area contributed by atoms with E-state index in [0.29, 0.717) is 11.5 Å². The van der Waals surface area contributed by atoms with Gasteiger partial charge in [0.1, 0.15) is 0 Å². The zero-order valence-corrected chi connectivity index (χ0v) is 11.5. The van der Waals surface area contributed by atoms with Crippen molar-refractivity contribution in [3.05, 3.63) is 48.6 Å². The van der Waals surface area contributed by atoms with Gasteiger partial charge in [-0.25, -0.2) is 0 Å². The molecular weight excluding hydrogens is 218 g/mol. The Balaban J connectivity index is 2.20. The Morgan fingerprint density at radius 1 is 1.33 bits per heavy atom. The number of benzene rings is 1. The quantitative estimate of drug-likeness (QED) is 0.712. The molecule has 0 aliphatic heterocycles. The summed E-state index contributed by atoms with van der Waals surface area (Å²) in [6.45, 7) is 7.27. The monoisotopic (exact) mass is 243 g/mol. The van der Waals surface area contributed by atoms with E-state index in [1.165, 1.54) is 31.2 Å². The summed E-state index contributed by atoms with van der Waals surface area (Å²) < 4.78 is 0. The van der Waals surface area contributed by atoms with Crippen LogP contribution in [-0.2, 0) is 5.41 Å². The Bertz CT molecular complexity index is 364. The van der Waals surface area contributed by atoms with E-state index in [-0.39, 0.29) is 0 Å². The third-order valence-corrected chi connectivity index (χ3v) is 4.30. The van der Waals surface area contributed by atoms with Gasteiger partial charge in [0.15, 0.2) is 0 Å². The zero-order valence-electron chi connectivity index (χ0n) is 11.5. The van der Waals surface area contributed by atoms with E-state index >= 15 is 0 Å². The SMILES string of the molecule is C=CCC(NCCC)C1(c2ccccc2)CCC1. The minimum atomic E-state index is 0.352. The Kier molecular flexibility index (Phi) is 4.60. The largest absolute Gasteiger partial charge is 0.313 e. The lowest BCUT2D eigenvalue weighted by Gasteiger charge is -2.48. The Labute approximate surface area is 111 Å². The highest BCUT2D eigenvalue weighted by Crippen LogP contribution is 2.47. The van der Waals surface area contributed by atoms with Gasteiger partial charge in [0.05, 0.1) is 0 Å². The molecule has 1 aliphatic carbocycles. The van der Waals surface area contributed by atoms with Crippen LogP contribution in [0.3, 0.4) is 0 Å². The minimum absolute atomic E-state index is 0.352. The van der Waals surface area contributed by atoms with Crippen molar-refractivity contribution in [2.24, 2.45) is 0 Å². The molecular formula is C17H25N. The summed E-state index contributed by atoms with van der Waals surface area (Å²) in [4.78, 5) is 0. The Morgan fingerprint density at radius 2 is 2.06 bits per heavy atom. The molecule has 1 N–H and O–H groups in total. The van der Waals surface area contributed by atoms with E-state index < -0.39 is 0 Å². The smallest absolute Gasteiger partial charge is 0.0198 e. The first-order valence-corrected chi connectivity index (χ1v) is 7.23. The molecule has 1 nitrogen and oxygen atoms in total. The van der Waals surface area contributed by atoms with Gasteiger partial charge in [-0.15, -0.1) is 6.58 Å². The normalized spacial score (nSPS) is 18.9. The second kappa shape index (κ2) is 6.19. The van der Waals surface area contributed by atoms with Crippen LogP contribution in [0.2, 0.25) is 0 Å². The van der Waals surface area contributed by atoms with Crippen LogP contribution >= 0.6 is 0 Å². The molecule has 1 unspecified atom stereocenters. The Morgan fingerprint density at radius 3 is 2.56 bits per heavy atom. The first-order chi connectivity index (χ1) is 8.83. The fraction of sp³-hybridized carbons (Fsp3) is 0.529. The average Bonchev–Trinajstić information content (AvgIpc) is 2.36. The highest BCUT2D eigenvalue weighted by Gasteiger charge is 2.44. The van der Waals surface area contributed by atoms with Crippen LogP contribution < -0.4 is 5.32 Å². The standard InChI is InChI=1S/C17H25N/c1-3-9-16(18-14-4-2)17(12-8-13-17)15-10-6-5-7-11-15/h3,5-7,10-11,16,18H,1,4,8-9,12-14H2,2H3. The van der Waals surface area contributed by atoms with E-state index in [9.17, 15) is 0 Å². The van der Waals surface area contributed by atoms with Crippen LogP contribution in [0.4, 0.5) is 0 Å². The van der Waals surface area contributed by atoms with Gasteiger partial charge in [-0.2, -0.15) is 0 Å². The van der Waals surface area contributed by atoms with Crippen LogP contribution in [0.1, 0.15) is 44.6 Å². The summed E-state index contributed by atoms with van der Waals surface area (Å²) >= 11 is 0. The molecule has 1 heteroatoms. The lowest BCUT2D eigenvalue weighted by Crippen LogP contribution is -2.52.